The highest BCUT2D eigenvalue weighted by Crippen LogP contribution is 2.29. The van der Waals surface area contributed by atoms with Gasteiger partial charge in [-0.3, -0.25) is 4.90 Å². The summed E-state index contributed by atoms with van der Waals surface area (Å²) in [6, 6.07) is 12.1. The van der Waals surface area contributed by atoms with Crippen LogP contribution in [0.15, 0.2) is 30.3 Å². The van der Waals surface area contributed by atoms with Crippen molar-refractivity contribution in [1.82, 2.24) is 4.90 Å². The van der Waals surface area contributed by atoms with Crippen molar-refractivity contribution < 1.29 is 4.74 Å². The van der Waals surface area contributed by atoms with E-state index in [0.29, 0.717) is 6.04 Å². The van der Waals surface area contributed by atoms with Crippen LogP contribution in [0.3, 0.4) is 0 Å². The van der Waals surface area contributed by atoms with Crippen LogP contribution >= 0.6 is 0 Å². The van der Waals surface area contributed by atoms with Gasteiger partial charge in [0, 0.05) is 12.6 Å². The molecule has 0 amide bonds. The summed E-state index contributed by atoms with van der Waals surface area (Å²) in [5.41, 5.74) is 1.41. The number of hydrogen-bond donors (Lipinski definition) is 0. The van der Waals surface area contributed by atoms with Gasteiger partial charge < -0.3 is 4.74 Å². The minimum absolute atomic E-state index is 0.443. The molecule has 2 unspecified atom stereocenters. The van der Waals surface area contributed by atoms with Crippen LogP contribution in [0.25, 0.3) is 0 Å². The molecule has 0 saturated carbocycles. The zero-order valence-corrected chi connectivity index (χ0v) is 13.8. The molecule has 2 atom stereocenters. The molecule has 1 aromatic rings. The topological polar surface area (TPSA) is 12.5 Å². The molecule has 0 radical (unpaired) electrons. The molecule has 2 rings (SSSR count). The van der Waals surface area contributed by atoms with Crippen LogP contribution in [0.4, 0.5) is 0 Å². The second kappa shape index (κ2) is 9.22. The van der Waals surface area contributed by atoms with Crippen LogP contribution in [0.5, 0.6) is 0 Å². The molecular weight excluding hydrogens is 258 g/mol. The van der Waals surface area contributed by atoms with Crippen LogP contribution in [-0.2, 0) is 4.74 Å². The molecule has 0 N–H and O–H groups in total. The molecule has 1 aromatic carbocycles. The average molecular weight is 289 g/mol. The molecule has 1 aliphatic rings. The Labute approximate surface area is 130 Å². The van der Waals surface area contributed by atoms with Gasteiger partial charge in [-0.25, -0.2) is 0 Å². The molecule has 2 heteroatoms. The first-order valence-electron chi connectivity index (χ1n) is 8.75. The number of benzene rings is 1. The van der Waals surface area contributed by atoms with Gasteiger partial charge in [0.1, 0.15) is 0 Å². The fourth-order valence-corrected chi connectivity index (χ4v) is 3.46. The van der Waals surface area contributed by atoms with E-state index in [9.17, 15) is 0 Å². The van der Waals surface area contributed by atoms with Crippen LogP contribution < -0.4 is 0 Å². The molecule has 21 heavy (non-hydrogen) atoms. The van der Waals surface area contributed by atoms with Crippen molar-refractivity contribution in [3.63, 3.8) is 0 Å². The minimum Gasteiger partial charge on any atom is -0.378 e. The monoisotopic (exact) mass is 289 g/mol. The fourth-order valence-electron chi connectivity index (χ4n) is 3.46. The lowest BCUT2D eigenvalue weighted by Gasteiger charge is -2.41. The highest BCUT2D eigenvalue weighted by molar-refractivity contribution is 5.19. The van der Waals surface area contributed by atoms with E-state index < -0.39 is 0 Å². The van der Waals surface area contributed by atoms with Gasteiger partial charge in [-0.1, -0.05) is 69.9 Å². The Morgan fingerprint density at radius 3 is 2.62 bits per heavy atom. The SMILES string of the molecule is CCCCCC(CCC)N1CCOCC1c1ccccc1. The van der Waals surface area contributed by atoms with Crippen LogP contribution in [0, 0.1) is 0 Å². The zero-order chi connectivity index (χ0) is 14.9. The zero-order valence-electron chi connectivity index (χ0n) is 13.8. The highest BCUT2D eigenvalue weighted by atomic mass is 16.5. The molecule has 1 aliphatic heterocycles. The number of nitrogens with zero attached hydrogens (tertiary/aromatic N) is 1. The van der Waals surface area contributed by atoms with Gasteiger partial charge in [-0.15, -0.1) is 0 Å². The van der Waals surface area contributed by atoms with Crippen molar-refractivity contribution in [3.8, 4) is 0 Å². The molecule has 0 bridgehead atoms. The normalized spacial score (nSPS) is 21.3. The second-order valence-electron chi connectivity index (χ2n) is 6.18. The summed E-state index contributed by atoms with van der Waals surface area (Å²) in [6.45, 7) is 7.41. The van der Waals surface area contributed by atoms with Gasteiger partial charge in [0.15, 0.2) is 0 Å². The van der Waals surface area contributed by atoms with Crippen LogP contribution in [0.1, 0.15) is 64.0 Å². The summed E-state index contributed by atoms with van der Waals surface area (Å²) in [5.74, 6) is 0. The molecule has 1 fully saturated rings. The maximum atomic E-state index is 5.78. The summed E-state index contributed by atoms with van der Waals surface area (Å²) in [4.78, 5) is 2.72. The molecular formula is C19H31NO. The van der Waals surface area contributed by atoms with E-state index in [0.717, 1.165) is 25.8 Å². The third-order valence-electron chi connectivity index (χ3n) is 4.59. The van der Waals surface area contributed by atoms with Crippen molar-refractivity contribution in [2.24, 2.45) is 0 Å². The Hall–Kier alpha value is -0.860. The standard InChI is InChI=1S/C19H31NO/c1-3-5-7-13-18(10-4-2)20-14-15-21-16-19(20)17-11-8-6-9-12-17/h6,8-9,11-12,18-19H,3-5,7,10,13-16H2,1-2H3. The second-order valence-corrected chi connectivity index (χ2v) is 6.18. The predicted molar refractivity (Wildman–Crippen MR) is 89.5 cm³/mol. The molecule has 2 nitrogen and oxygen atoms in total. The van der Waals surface area contributed by atoms with Gasteiger partial charge in [-0.05, 0) is 18.4 Å². The van der Waals surface area contributed by atoms with Crippen LogP contribution in [-0.4, -0.2) is 30.7 Å². The fraction of sp³-hybridized carbons (Fsp3) is 0.684. The molecule has 1 saturated heterocycles. The summed E-state index contributed by atoms with van der Waals surface area (Å²) in [6.07, 6.45) is 7.96. The Balaban J connectivity index is 2.07. The van der Waals surface area contributed by atoms with Gasteiger partial charge >= 0.3 is 0 Å². The maximum Gasteiger partial charge on any atom is 0.0664 e. The number of morpholine rings is 1. The summed E-state index contributed by atoms with van der Waals surface area (Å²) in [7, 11) is 0. The number of unbranched alkanes of at least 4 members (excludes halogenated alkanes) is 2. The van der Waals surface area contributed by atoms with Crippen molar-refractivity contribution in [2.45, 2.75) is 64.5 Å². The highest BCUT2D eigenvalue weighted by Gasteiger charge is 2.29. The van der Waals surface area contributed by atoms with E-state index in [1.54, 1.807) is 0 Å². The molecule has 0 aromatic heterocycles. The average Bonchev–Trinajstić information content (AvgIpc) is 2.55. The third kappa shape index (κ3) is 4.82. The third-order valence-corrected chi connectivity index (χ3v) is 4.59. The lowest BCUT2D eigenvalue weighted by molar-refractivity contribution is -0.0342. The summed E-state index contributed by atoms with van der Waals surface area (Å²) < 4.78 is 5.78. The minimum atomic E-state index is 0.443. The maximum absolute atomic E-state index is 5.78. The molecule has 118 valence electrons. The van der Waals surface area contributed by atoms with Crippen molar-refractivity contribution in [2.75, 3.05) is 19.8 Å². The van der Waals surface area contributed by atoms with E-state index in [1.807, 2.05) is 0 Å². The number of hydrogen-bond acceptors (Lipinski definition) is 2. The number of ether oxygens (including phenoxy) is 1. The number of rotatable bonds is 8. The first-order chi connectivity index (χ1) is 10.4. The Kier molecular flexibility index (Phi) is 7.25. The van der Waals surface area contributed by atoms with E-state index in [-0.39, 0.29) is 0 Å². The van der Waals surface area contributed by atoms with Crippen LogP contribution in [0.2, 0.25) is 0 Å². The predicted octanol–water partition coefficient (Wildman–Crippen LogP) is 4.81. The summed E-state index contributed by atoms with van der Waals surface area (Å²) >= 11 is 0. The summed E-state index contributed by atoms with van der Waals surface area (Å²) in [5, 5.41) is 0. The first-order valence-corrected chi connectivity index (χ1v) is 8.75. The quantitative estimate of drug-likeness (QED) is 0.637. The Morgan fingerprint density at radius 2 is 1.90 bits per heavy atom. The van der Waals surface area contributed by atoms with Gasteiger partial charge in [0.2, 0.25) is 0 Å². The molecule has 0 spiro atoms. The first kappa shape index (κ1) is 16.5. The van der Waals surface area contributed by atoms with Crippen molar-refractivity contribution >= 4 is 0 Å². The molecule has 0 aliphatic carbocycles. The largest absolute Gasteiger partial charge is 0.378 e. The van der Waals surface area contributed by atoms with Gasteiger partial charge in [0.05, 0.1) is 19.3 Å². The van der Waals surface area contributed by atoms with Gasteiger partial charge in [-0.2, -0.15) is 0 Å². The lowest BCUT2D eigenvalue weighted by Crippen LogP contribution is -2.45. The molecule has 1 heterocycles. The Morgan fingerprint density at radius 1 is 1.10 bits per heavy atom. The van der Waals surface area contributed by atoms with E-state index in [4.69, 9.17) is 4.74 Å². The van der Waals surface area contributed by atoms with Gasteiger partial charge in [0.25, 0.3) is 0 Å². The van der Waals surface area contributed by atoms with Crippen molar-refractivity contribution in [3.05, 3.63) is 35.9 Å². The smallest absolute Gasteiger partial charge is 0.0664 e. The Bertz CT molecular complexity index is 378. The van der Waals surface area contributed by atoms with E-state index in [1.165, 1.54) is 44.1 Å². The lowest BCUT2D eigenvalue weighted by atomic mass is 9.97. The van der Waals surface area contributed by atoms with E-state index in [2.05, 4.69) is 49.1 Å². The van der Waals surface area contributed by atoms with Crippen molar-refractivity contribution in [1.29, 1.82) is 0 Å². The van der Waals surface area contributed by atoms with E-state index >= 15 is 0 Å².